The first kappa shape index (κ1) is 37.7. The van der Waals surface area contributed by atoms with Crippen molar-refractivity contribution in [3.63, 3.8) is 0 Å². The Labute approximate surface area is 292 Å². The van der Waals surface area contributed by atoms with E-state index in [4.69, 9.17) is 9.47 Å². The Morgan fingerprint density at radius 1 is 1.04 bits per heavy atom. The average Bonchev–Trinajstić information content (AvgIpc) is 3.88. The maximum Gasteiger partial charge on any atom is 0.394 e. The molecule has 1 heterocycles. The largest absolute Gasteiger partial charge is 0.476 e. The summed E-state index contributed by atoms with van der Waals surface area (Å²) in [5.74, 6) is -0.242. The van der Waals surface area contributed by atoms with Gasteiger partial charge >= 0.3 is 6.18 Å². The summed E-state index contributed by atoms with van der Waals surface area (Å²) in [7, 11) is -0.689. The van der Waals surface area contributed by atoms with E-state index in [1.165, 1.54) is 24.3 Å². The zero-order valence-electron chi connectivity index (χ0n) is 28.9. The van der Waals surface area contributed by atoms with Crippen molar-refractivity contribution in [2.75, 3.05) is 38.6 Å². The number of alkyl halides is 3. The number of benzene rings is 2. The van der Waals surface area contributed by atoms with Crippen LogP contribution >= 0.6 is 0 Å². The Kier molecular flexibility index (Phi) is 11.9. The van der Waals surface area contributed by atoms with Gasteiger partial charge in [-0.3, -0.25) is 9.69 Å². The molecule has 0 unspecified atom stereocenters. The number of aldehydes is 1. The van der Waals surface area contributed by atoms with Crippen LogP contribution in [0, 0.1) is 19.3 Å². The lowest BCUT2D eigenvalue weighted by Gasteiger charge is -2.40. The Hall–Kier alpha value is -3.59. The van der Waals surface area contributed by atoms with Gasteiger partial charge in [-0.25, -0.2) is 18.1 Å². The van der Waals surface area contributed by atoms with E-state index in [1.807, 2.05) is 44.0 Å². The number of rotatable bonds is 16. The van der Waals surface area contributed by atoms with Crippen LogP contribution in [0.1, 0.15) is 66.4 Å². The summed E-state index contributed by atoms with van der Waals surface area (Å²) in [5.41, 5.74) is 1.34. The van der Waals surface area contributed by atoms with Gasteiger partial charge in [-0.15, -0.1) is 0 Å². The molecule has 3 aromatic rings. The minimum absolute atomic E-state index is 0.0262. The number of hydrogen-bond acceptors (Lipinski definition) is 9. The summed E-state index contributed by atoms with van der Waals surface area (Å²) < 4.78 is 83.3. The van der Waals surface area contributed by atoms with Crippen molar-refractivity contribution < 1.29 is 35.9 Å². The molecule has 2 N–H and O–H groups in total. The Morgan fingerprint density at radius 2 is 1.72 bits per heavy atom. The molecule has 0 aliphatic heterocycles. The molecule has 2 fully saturated rings. The number of halogens is 3. The summed E-state index contributed by atoms with van der Waals surface area (Å²) in [6.07, 6.45) is -0.256. The van der Waals surface area contributed by atoms with Gasteiger partial charge in [0.1, 0.15) is 12.9 Å². The van der Waals surface area contributed by atoms with E-state index in [0.717, 1.165) is 48.9 Å². The first-order valence-electron chi connectivity index (χ1n) is 16.9. The Balaban J connectivity index is 1.42. The number of aryl methyl sites for hydroxylation is 2. The van der Waals surface area contributed by atoms with Crippen LogP contribution in [0.4, 0.5) is 19.1 Å². The second kappa shape index (κ2) is 15.7. The zero-order valence-corrected chi connectivity index (χ0v) is 29.7. The summed E-state index contributed by atoms with van der Waals surface area (Å²) in [4.78, 5) is 22.1. The highest BCUT2D eigenvalue weighted by molar-refractivity contribution is 7.92. The number of sulfonamides is 1. The van der Waals surface area contributed by atoms with E-state index >= 15 is 0 Å². The first-order valence-corrected chi connectivity index (χ1v) is 18.4. The molecule has 0 spiro atoms. The molecule has 10 nitrogen and oxygen atoms in total. The number of ether oxygens (including phenoxy) is 2. The topological polar surface area (TPSA) is 123 Å². The van der Waals surface area contributed by atoms with Gasteiger partial charge in [-0.05, 0) is 89.1 Å². The van der Waals surface area contributed by atoms with Gasteiger partial charge in [-0.2, -0.15) is 18.2 Å². The number of methoxy groups -OCH3 is 1. The number of hydrogen-bond donors (Lipinski definition) is 2. The predicted octanol–water partition coefficient (Wildman–Crippen LogP) is 6.33. The van der Waals surface area contributed by atoms with E-state index in [0.29, 0.717) is 24.6 Å². The highest BCUT2D eigenvalue weighted by Gasteiger charge is 2.63. The molecule has 5 rings (SSSR count). The molecule has 1 atom stereocenters. The highest BCUT2D eigenvalue weighted by Crippen LogP contribution is 2.61. The maximum absolute atomic E-state index is 14.3. The number of carbonyl (C=O) groups is 1. The molecule has 14 heteroatoms. The third-order valence-corrected chi connectivity index (χ3v) is 11.4. The quantitative estimate of drug-likeness (QED) is 0.129. The average molecular weight is 718 g/mol. The standard InChI is InChI=1S/C36H46F3N5O5S/c1-24-7-5-8-25(2)33(24)31-20-32(42-34(41-31)43-50(46,47)30-10-6-9-26(19-30)22-45)49-23-29(21-35(15-16-35)36(37,38)39)44(3)28-13-11-27(12-14-28)40-17-18-48-4/h5-10,19-20,22,27-29,40H,11-18,21,23H2,1-4H3,(H,41,42,43)/t27?,28?,29-/m1/s1. The number of carbonyl (C=O) groups excluding carboxylic acids is 1. The maximum atomic E-state index is 14.3. The van der Waals surface area contributed by atoms with E-state index in [-0.39, 0.29) is 54.2 Å². The van der Waals surface area contributed by atoms with Gasteiger partial charge in [-0.1, -0.05) is 30.3 Å². The van der Waals surface area contributed by atoms with Crippen molar-refractivity contribution in [1.29, 1.82) is 0 Å². The second-order valence-electron chi connectivity index (χ2n) is 13.5. The van der Waals surface area contributed by atoms with Crippen molar-refractivity contribution in [2.24, 2.45) is 5.41 Å². The number of aromatic nitrogens is 2. The highest BCUT2D eigenvalue weighted by atomic mass is 32.2. The smallest absolute Gasteiger partial charge is 0.394 e. The molecule has 2 aliphatic carbocycles. The van der Waals surface area contributed by atoms with Crippen LogP contribution in [-0.4, -0.2) is 87.8 Å². The van der Waals surface area contributed by atoms with Crippen molar-refractivity contribution in [2.45, 2.75) is 88.0 Å². The molecule has 0 radical (unpaired) electrons. The first-order chi connectivity index (χ1) is 23.7. The molecule has 272 valence electrons. The lowest BCUT2D eigenvalue weighted by molar-refractivity contribution is -0.193. The molecule has 2 saturated carbocycles. The molecule has 0 amide bonds. The minimum Gasteiger partial charge on any atom is -0.476 e. The fraction of sp³-hybridized carbons (Fsp3) is 0.528. The van der Waals surface area contributed by atoms with E-state index in [9.17, 15) is 26.4 Å². The number of anilines is 1. The predicted molar refractivity (Wildman–Crippen MR) is 185 cm³/mol. The van der Waals surface area contributed by atoms with Gasteiger partial charge in [0.05, 0.1) is 22.6 Å². The minimum atomic E-state index is -4.33. The fourth-order valence-corrected chi connectivity index (χ4v) is 7.88. The molecule has 1 aromatic heterocycles. The van der Waals surface area contributed by atoms with Crippen LogP contribution in [0.5, 0.6) is 5.88 Å². The van der Waals surface area contributed by atoms with Gasteiger partial charge in [0.25, 0.3) is 10.0 Å². The number of nitrogens with one attached hydrogen (secondary N) is 2. The lowest BCUT2D eigenvalue weighted by Crippen LogP contribution is -2.49. The van der Waals surface area contributed by atoms with E-state index in [1.54, 1.807) is 13.2 Å². The summed E-state index contributed by atoms with van der Waals surface area (Å²) >= 11 is 0. The Morgan fingerprint density at radius 3 is 2.34 bits per heavy atom. The van der Waals surface area contributed by atoms with Gasteiger partial charge in [0, 0.05) is 49.0 Å². The zero-order chi connectivity index (χ0) is 36.1. The van der Waals surface area contributed by atoms with Crippen molar-refractivity contribution >= 4 is 22.3 Å². The normalized spacial score (nSPS) is 19.6. The molecule has 0 bridgehead atoms. The molecule has 0 saturated heterocycles. The number of likely N-dealkylation sites (N-methyl/N-ethyl adjacent to an activating group) is 1. The molecule has 50 heavy (non-hydrogen) atoms. The molecule has 2 aromatic carbocycles. The monoisotopic (exact) mass is 717 g/mol. The van der Waals surface area contributed by atoms with Gasteiger partial charge in [0.15, 0.2) is 0 Å². The van der Waals surface area contributed by atoms with Crippen LogP contribution < -0.4 is 14.8 Å². The number of nitrogens with zero attached hydrogens (tertiary/aromatic N) is 3. The fourth-order valence-electron chi connectivity index (χ4n) is 6.88. The van der Waals surface area contributed by atoms with Crippen molar-refractivity contribution in [3.8, 4) is 17.1 Å². The SMILES string of the molecule is COCCNC1CCC(N(C)[C@@H](COc2cc(-c3c(C)cccc3C)nc(NS(=O)(=O)c3cccc(C=O)c3)n2)CC2(C(F)(F)F)CC2)CC1. The van der Waals surface area contributed by atoms with Crippen LogP contribution in [0.15, 0.2) is 53.4 Å². The second-order valence-corrected chi connectivity index (χ2v) is 15.2. The van der Waals surface area contributed by atoms with Crippen LogP contribution in [0.3, 0.4) is 0 Å². The van der Waals surface area contributed by atoms with Crippen LogP contribution in [0.25, 0.3) is 11.3 Å². The van der Waals surface area contributed by atoms with Gasteiger partial charge in [0.2, 0.25) is 11.8 Å². The summed E-state index contributed by atoms with van der Waals surface area (Å²) in [6, 6.07) is 12.6. The van der Waals surface area contributed by atoms with E-state index in [2.05, 4.69) is 20.0 Å². The van der Waals surface area contributed by atoms with Crippen molar-refractivity contribution in [3.05, 3.63) is 65.2 Å². The van der Waals surface area contributed by atoms with Gasteiger partial charge < -0.3 is 14.8 Å². The molecular formula is C36H46F3N5O5S. The third kappa shape index (κ3) is 9.00. The third-order valence-electron chi connectivity index (χ3n) is 10.1. The lowest BCUT2D eigenvalue weighted by atomic mass is 9.88. The van der Waals surface area contributed by atoms with E-state index < -0.39 is 27.7 Å². The Bertz CT molecular complexity index is 1720. The van der Waals surface area contributed by atoms with Crippen molar-refractivity contribution in [1.82, 2.24) is 20.2 Å². The van der Waals surface area contributed by atoms with Crippen LogP contribution in [-0.2, 0) is 14.8 Å². The van der Waals surface area contributed by atoms with Crippen LogP contribution in [0.2, 0.25) is 0 Å². The summed E-state index contributed by atoms with van der Waals surface area (Å²) in [5, 5.41) is 3.49. The molecule has 2 aliphatic rings. The summed E-state index contributed by atoms with van der Waals surface area (Å²) in [6.45, 7) is 5.08. The molecular weight excluding hydrogens is 671 g/mol.